The Morgan fingerprint density at radius 1 is 1.09 bits per heavy atom. The van der Waals surface area contributed by atoms with E-state index >= 15 is 0 Å². The number of carbonyl (C=O) groups is 2. The van der Waals surface area contributed by atoms with Gasteiger partial charge in [-0.1, -0.05) is 24.3 Å². The van der Waals surface area contributed by atoms with Gasteiger partial charge in [-0.15, -0.1) is 13.2 Å². The summed E-state index contributed by atoms with van der Waals surface area (Å²) in [5.74, 6) is 0.0946. The maximum Gasteiger partial charge on any atom is 0.573 e. The van der Waals surface area contributed by atoms with Crippen LogP contribution in [-0.2, 0) is 9.59 Å². The van der Waals surface area contributed by atoms with E-state index in [9.17, 15) is 22.8 Å². The predicted molar refractivity (Wildman–Crippen MR) is 154 cm³/mol. The number of nitrogens with one attached hydrogen (secondary N) is 1. The van der Waals surface area contributed by atoms with E-state index in [0.29, 0.717) is 30.3 Å². The third-order valence-electron chi connectivity index (χ3n) is 6.75. The fraction of sp³-hybridized carbons (Fsp3) is 0.367. The van der Waals surface area contributed by atoms with Gasteiger partial charge in [0.15, 0.2) is 0 Å². The second kappa shape index (κ2) is 14.6. The van der Waals surface area contributed by atoms with Gasteiger partial charge in [-0.2, -0.15) is 0 Å². The Balaban J connectivity index is 1.54. The predicted octanol–water partition coefficient (Wildman–Crippen LogP) is 3.61. The van der Waals surface area contributed by atoms with Crippen LogP contribution in [0.1, 0.15) is 12.8 Å². The van der Waals surface area contributed by atoms with E-state index in [4.69, 9.17) is 15.2 Å². The van der Waals surface area contributed by atoms with Crippen LogP contribution in [0.4, 0.5) is 18.9 Å². The molecule has 1 aliphatic heterocycles. The molecule has 0 bridgehead atoms. The topological polar surface area (TPSA) is 119 Å². The van der Waals surface area contributed by atoms with Gasteiger partial charge >= 0.3 is 6.36 Å². The fourth-order valence-corrected chi connectivity index (χ4v) is 4.78. The van der Waals surface area contributed by atoms with Crippen molar-refractivity contribution in [1.82, 2.24) is 15.2 Å². The van der Waals surface area contributed by atoms with E-state index in [1.54, 1.807) is 48.4 Å². The molecule has 13 heteroatoms. The molecular formula is C30H34F3N5O5. The lowest BCUT2D eigenvalue weighted by atomic mass is 10.0. The number of ether oxygens (including phenoxy) is 3. The van der Waals surface area contributed by atoms with Crippen LogP contribution in [0.5, 0.6) is 17.2 Å². The molecule has 2 heterocycles. The summed E-state index contributed by atoms with van der Waals surface area (Å²) in [4.78, 5) is 33.7. The molecule has 43 heavy (non-hydrogen) atoms. The molecule has 10 nitrogen and oxygen atoms in total. The molecule has 1 aliphatic rings. The largest absolute Gasteiger partial charge is 0.573 e. The second-order valence-electron chi connectivity index (χ2n) is 9.91. The minimum Gasteiger partial charge on any atom is -0.497 e. The third-order valence-corrected chi connectivity index (χ3v) is 6.75. The van der Waals surface area contributed by atoms with Crippen molar-refractivity contribution in [3.63, 3.8) is 0 Å². The Hall–Kier alpha value is -4.52. The molecule has 230 valence electrons. The molecule has 0 aliphatic carbocycles. The van der Waals surface area contributed by atoms with Crippen molar-refractivity contribution in [3.8, 4) is 28.4 Å². The number of likely N-dealkylation sites (tertiary alicyclic amines) is 1. The lowest BCUT2D eigenvalue weighted by Gasteiger charge is -2.33. The summed E-state index contributed by atoms with van der Waals surface area (Å²) in [5, 5.41) is 2.77. The normalized spacial score (nSPS) is 15.0. The van der Waals surface area contributed by atoms with E-state index < -0.39 is 18.0 Å². The molecule has 0 saturated carbocycles. The number of hydrogen-bond acceptors (Lipinski definition) is 8. The fourth-order valence-electron chi connectivity index (χ4n) is 4.78. The van der Waals surface area contributed by atoms with Crippen LogP contribution in [0.15, 0.2) is 67.0 Å². The summed E-state index contributed by atoms with van der Waals surface area (Å²) >= 11 is 0. The Morgan fingerprint density at radius 2 is 1.88 bits per heavy atom. The monoisotopic (exact) mass is 601 g/mol. The van der Waals surface area contributed by atoms with Crippen LogP contribution in [-0.4, -0.2) is 80.5 Å². The van der Waals surface area contributed by atoms with Crippen LogP contribution in [0.3, 0.4) is 0 Å². The zero-order valence-corrected chi connectivity index (χ0v) is 23.7. The van der Waals surface area contributed by atoms with Crippen LogP contribution in [0.25, 0.3) is 11.1 Å². The molecule has 0 radical (unpaired) electrons. The van der Waals surface area contributed by atoms with Crippen molar-refractivity contribution >= 4 is 17.5 Å². The van der Waals surface area contributed by atoms with Crippen molar-refractivity contribution in [3.05, 3.63) is 67.0 Å². The zero-order valence-electron chi connectivity index (χ0n) is 23.7. The first-order chi connectivity index (χ1) is 20.6. The molecule has 4 rings (SSSR count). The highest BCUT2D eigenvalue weighted by atomic mass is 19.4. The Bertz CT molecular complexity index is 1390. The molecule has 1 saturated heterocycles. The molecule has 3 N–H and O–H groups in total. The maximum absolute atomic E-state index is 13.4. The number of rotatable bonds is 12. The number of carbonyl (C=O) groups excluding carboxylic acids is 2. The van der Waals surface area contributed by atoms with Gasteiger partial charge in [0.05, 0.1) is 26.7 Å². The second-order valence-corrected chi connectivity index (χ2v) is 9.91. The van der Waals surface area contributed by atoms with Crippen molar-refractivity contribution in [2.75, 3.05) is 51.3 Å². The highest BCUT2D eigenvalue weighted by Crippen LogP contribution is 2.38. The first-order valence-electron chi connectivity index (χ1n) is 13.7. The minimum absolute atomic E-state index is 0.104. The van der Waals surface area contributed by atoms with Gasteiger partial charge in [-0.25, -0.2) is 0 Å². The number of piperidine rings is 1. The molecule has 1 unspecified atom stereocenters. The lowest BCUT2D eigenvalue weighted by molar-refractivity contribution is -0.274. The Labute approximate surface area is 247 Å². The molecular weight excluding hydrogens is 567 g/mol. The van der Waals surface area contributed by atoms with Gasteiger partial charge in [-0.05, 0) is 37.1 Å². The Kier molecular flexibility index (Phi) is 10.7. The van der Waals surface area contributed by atoms with Gasteiger partial charge in [0.25, 0.3) is 0 Å². The van der Waals surface area contributed by atoms with Gasteiger partial charge in [0.2, 0.25) is 11.8 Å². The number of pyridine rings is 1. The standard InChI is InChI=1S/C30H34F3N5O5/c1-41-22-7-4-8-23(16-22)42-15-13-36-28(39)19-38(20-29(40)37-14-5-6-21(34)18-37)26-11-12-35-17-25(26)24-9-2-3-10-27(24)43-30(31,32)33/h2-4,7-12,16-17,21H,5-6,13-15,18-20,34H2,1H3,(H,36,39). The van der Waals surface area contributed by atoms with Crippen LogP contribution in [0, 0.1) is 0 Å². The lowest BCUT2D eigenvalue weighted by Crippen LogP contribution is -2.50. The van der Waals surface area contributed by atoms with Gasteiger partial charge in [-0.3, -0.25) is 14.6 Å². The van der Waals surface area contributed by atoms with Crippen molar-refractivity contribution in [2.24, 2.45) is 5.73 Å². The van der Waals surface area contributed by atoms with Crippen LogP contribution >= 0.6 is 0 Å². The van der Waals surface area contributed by atoms with Crippen LogP contribution < -0.4 is 30.2 Å². The van der Waals surface area contributed by atoms with E-state index in [-0.39, 0.29) is 49.3 Å². The number of nitrogens with zero attached hydrogens (tertiary/aromatic N) is 3. The molecule has 2 aromatic carbocycles. The van der Waals surface area contributed by atoms with Crippen LogP contribution in [0.2, 0.25) is 0 Å². The number of hydrogen-bond donors (Lipinski definition) is 2. The number of amides is 2. The van der Waals surface area contributed by atoms with Gasteiger partial charge in [0, 0.05) is 54.4 Å². The van der Waals surface area contributed by atoms with Crippen molar-refractivity contribution < 1.29 is 37.0 Å². The average Bonchev–Trinajstić information content (AvgIpc) is 2.98. The first kappa shape index (κ1) is 31.4. The number of anilines is 1. The summed E-state index contributed by atoms with van der Waals surface area (Å²) < 4.78 is 54.7. The minimum atomic E-state index is -4.92. The Morgan fingerprint density at radius 3 is 2.65 bits per heavy atom. The van der Waals surface area contributed by atoms with E-state index in [2.05, 4.69) is 15.0 Å². The number of aromatic nitrogens is 1. The number of halogens is 3. The zero-order chi connectivity index (χ0) is 30.8. The number of alkyl halides is 3. The van der Waals surface area contributed by atoms with Crippen molar-refractivity contribution in [2.45, 2.75) is 25.2 Å². The molecule has 2 amide bonds. The summed E-state index contributed by atoms with van der Waals surface area (Å²) in [5.41, 5.74) is 6.78. The highest BCUT2D eigenvalue weighted by molar-refractivity contribution is 5.90. The number of benzene rings is 2. The molecule has 1 atom stereocenters. The summed E-state index contributed by atoms with van der Waals surface area (Å²) in [6, 6.07) is 14.1. The number of methoxy groups -OCH3 is 1. The molecule has 3 aromatic rings. The van der Waals surface area contributed by atoms with E-state index in [1.807, 2.05) is 0 Å². The van der Waals surface area contributed by atoms with E-state index in [1.165, 1.54) is 35.5 Å². The SMILES string of the molecule is COc1cccc(OCCNC(=O)CN(CC(=O)N2CCCC(N)C2)c2ccncc2-c2ccccc2OC(F)(F)F)c1. The number of para-hydroxylation sites is 1. The van der Waals surface area contributed by atoms with Crippen molar-refractivity contribution in [1.29, 1.82) is 0 Å². The summed E-state index contributed by atoms with van der Waals surface area (Å²) in [6.45, 7) is 0.784. The molecule has 1 fully saturated rings. The molecule has 1 aromatic heterocycles. The summed E-state index contributed by atoms with van der Waals surface area (Å²) in [6.07, 6.45) is -0.544. The number of nitrogens with two attached hydrogens (primary N) is 1. The quantitative estimate of drug-likeness (QED) is 0.303. The third kappa shape index (κ3) is 9.23. The summed E-state index contributed by atoms with van der Waals surface area (Å²) in [7, 11) is 1.55. The first-order valence-corrected chi connectivity index (χ1v) is 13.7. The highest BCUT2D eigenvalue weighted by Gasteiger charge is 2.33. The maximum atomic E-state index is 13.4. The average molecular weight is 602 g/mol. The van der Waals surface area contributed by atoms with E-state index in [0.717, 1.165) is 12.8 Å². The smallest absolute Gasteiger partial charge is 0.497 e. The molecule has 0 spiro atoms. The van der Waals surface area contributed by atoms with Gasteiger partial charge < -0.3 is 35.1 Å². The van der Waals surface area contributed by atoms with Gasteiger partial charge in [0.1, 0.15) is 23.9 Å².